The van der Waals surface area contributed by atoms with Gasteiger partial charge in [0.2, 0.25) is 11.8 Å². The zero-order chi connectivity index (χ0) is 24.8. The van der Waals surface area contributed by atoms with Crippen molar-refractivity contribution in [3.8, 4) is 0 Å². The molecule has 0 bridgehead atoms. The lowest BCUT2D eigenvalue weighted by Crippen LogP contribution is -2.54. The van der Waals surface area contributed by atoms with Gasteiger partial charge >= 0.3 is 12.3 Å². The summed E-state index contributed by atoms with van der Waals surface area (Å²) in [6, 6.07) is -2.56. The maximum absolute atomic E-state index is 12.9. The monoisotopic (exact) mass is 479 g/mol. The van der Waals surface area contributed by atoms with Crippen LogP contribution in [0.3, 0.4) is 0 Å². The summed E-state index contributed by atoms with van der Waals surface area (Å²) in [4.78, 5) is 60.9. The van der Waals surface area contributed by atoms with Crippen LogP contribution in [0.15, 0.2) is 0 Å². The first-order chi connectivity index (χ1) is 15.4. The van der Waals surface area contributed by atoms with Crippen LogP contribution in [-0.2, 0) is 33.4 Å². The Morgan fingerprint density at radius 2 is 1.85 bits per heavy atom. The zero-order valence-corrected chi connectivity index (χ0v) is 18.3. The summed E-state index contributed by atoms with van der Waals surface area (Å²) < 4.78 is 45.7. The van der Waals surface area contributed by atoms with E-state index in [0.717, 1.165) is 0 Å². The molecule has 0 spiro atoms. The van der Waals surface area contributed by atoms with Gasteiger partial charge in [-0.25, -0.2) is 0 Å². The van der Waals surface area contributed by atoms with E-state index in [1.807, 2.05) is 0 Å². The second-order valence-electron chi connectivity index (χ2n) is 8.48. The summed E-state index contributed by atoms with van der Waals surface area (Å²) in [6.07, 6.45) is -5.55. The van der Waals surface area contributed by atoms with Crippen molar-refractivity contribution in [1.29, 1.82) is 0 Å². The third-order valence-corrected chi connectivity index (χ3v) is 5.28. The fraction of sp³-hybridized carbons (Fsp3) is 0.750. The van der Waals surface area contributed by atoms with Gasteiger partial charge in [-0.05, 0) is 25.2 Å². The van der Waals surface area contributed by atoms with Crippen molar-refractivity contribution >= 4 is 29.5 Å². The molecule has 0 saturated carbocycles. The predicted octanol–water partition coefficient (Wildman–Crippen LogP) is 0.339. The Kier molecular flexibility index (Phi) is 9.20. The highest BCUT2D eigenvalue weighted by Crippen LogP contribution is 2.20. The minimum Gasteiger partial charge on any atom is -0.452 e. The summed E-state index contributed by atoms with van der Waals surface area (Å²) in [7, 11) is 0. The van der Waals surface area contributed by atoms with E-state index in [1.165, 1.54) is 0 Å². The highest BCUT2D eigenvalue weighted by molar-refractivity contribution is 5.95. The largest absolute Gasteiger partial charge is 0.522 e. The van der Waals surface area contributed by atoms with E-state index < -0.39 is 60.6 Å². The first-order valence-electron chi connectivity index (χ1n) is 10.7. The highest BCUT2D eigenvalue weighted by Gasteiger charge is 2.37. The molecule has 4 atom stereocenters. The maximum Gasteiger partial charge on any atom is 0.522 e. The average Bonchev–Trinajstić information content (AvgIpc) is 3.32. The van der Waals surface area contributed by atoms with Crippen molar-refractivity contribution in [3.63, 3.8) is 0 Å². The Morgan fingerprint density at radius 3 is 2.36 bits per heavy atom. The third-order valence-electron chi connectivity index (χ3n) is 5.28. The molecule has 13 heteroatoms. The van der Waals surface area contributed by atoms with Crippen LogP contribution in [0, 0.1) is 11.8 Å². The minimum absolute atomic E-state index is 0.0678. The number of esters is 1. The van der Waals surface area contributed by atoms with E-state index >= 15 is 0 Å². The van der Waals surface area contributed by atoms with Gasteiger partial charge in [-0.15, -0.1) is 13.2 Å². The standard InChI is InChI=1S/C20H28F3N3O7/c1-10(2)7-13(26-19(31)15-3-4-16(28)33-15)18(30)25-12(8-11-5-6-24-17(11)29)14(27)9-32-20(21,22)23/h10-13,15H,3-9H2,1-2H3,(H,24,29)(H,25,30)(H,26,31)/t11-,12?,13?,15?/m0/s1. The number of carbonyl (C=O) groups is 5. The zero-order valence-electron chi connectivity index (χ0n) is 18.3. The molecule has 2 aliphatic heterocycles. The number of halogens is 3. The van der Waals surface area contributed by atoms with E-state index in [0.29, 0.717) is 13.0 Å². The molecule has 186 valence electrons. The number of cyclic esters (lactones) is 1. The van der Waals surface area contributed by atoms with E-state index in [2.05, 4.69) is 20.7 Å². The normalized spacial score (nSPS) is 22.5. The second kappa shape index (κ2) is 11.4. The molecule has 0 aromatic heterocycles. The number of nitrogens with one attached hydrogen (secondary N) is 3. The van der Waals surface area contributed by atoms with Crippen LogP contribution in [0.25, 0.3) is 0 Å². The SMILES string of the molecule is CC(C)CC(NC(=O)C1CCC(=O)O1)C(=O)NC(C[C@@H]1CCNC1=O)C(=O)COC(F)(F)F. The molecule has 2 rings (SSSR count). The number of carbonyl (C=O) groups excluding carboxylic acids is 5. The molecular formula is C20H28F3N3O7. The van der Waals surface area contributed by atoms with E-state index in [4.69, 9.17) is 4.74 Å². The van der Waals surface area contributed by atoms with E-state index in [-0.39, 0.29) is 37.5 Å². The van der Waals surface area contributed by atoms with Gasteiger partial charge in [0.15, 0.2) is 11.9 Å². The van der Waals surface area contributed by atoms with Gasteiger partial charge in [0.25, 0.3) is 5.91 Å². The van der Waals surface area contributed by atoms with Crippen LogP contribution in [-0.4, -0.2) is 67.2 Å². The molecule has 0 aliphatic carbocycles. The number of ketones is 1. The van der Waals surface area contributed by atoms with Crippen molar-refractivity contribution in [1.82, 2.24) is 16.0 Å². The molecule has 3 N–H and O–H groups in total. The van der Waals surface area contributed by atoms with Gasteiger partial charge in [-0.3, -0.25) is 28.7 Å². The molecule has 2 fully saturated rings. The molecular weight excluding hydrogens is 451 g/mol. The average molecular weight is 479 g/mol. The van der Waals surface area contributed by atoms with Crippen LogP contribution in [0.5, 0.6) is 0 Å². The maximum atomic E-state index is 12.9. The van der Waals surface area contributed by atoms with Crippen molar-refractivity contribution in [3.05, 3.63) is 0 Å². The lowest BCUT2D eigenvalue weighted by atomic mass is 9.95. The molecule has 3 amide bonds. The third kappa shape index (κ3) is 8.63. The van der Waals surface area contributed by atoms with Crippen LogP contribution in [0.4, 0.5) is 13.2 Å². The number of rotatable bonds is 11. The van der Waals surface area contributed by atoms with Gasteiger partial charge in [-0.2, -0.15) is 0 Å². The number of alkyl halides is 3. The predicted molar refractivity (Wildman–Crippen MR) is 105 cm³/mol. The smallest absolute Gasteiger partial charge is 0.452 e. The van der Waals surface area contributed by atoms with Crippen LogP contribution in [0.2, 0.25) is 0 Å². The number of hydrogen-bond donors (Lipinski definition) is 3. The van der Waals surface area contributed by atoms with Crippen LogP contribution in [0.1, 0.15) is 46.0 Å². The molecule has 2 aliphatic rings. The van der Waals surface area contributed by atoms with Gasteiger partial charge in [0.1, 0.15) is 12.6 Å². The van der Waals surface area contributed by atoms with E-state index in [9.17, 15) is 37.1 Å². The fourth-order valence-corrected chi connectivity index (χ4v) is 3.63. The Labute approximate surface area is 188 Å². The summed E-state index contributed by atoms with van der Waals surface area (Å²) in [6.45, 7) is 2.58. The van der Waals surface area contributed by atoms with E-state index in [1.54, 1.807) is 13.8 Å². The summed E-state index contributed by atoms with van der Waals surface area (Å²) in [5.74, 6) is -4.18. The Balaban J connectivity index is 2.10. The second-order valence-corrected chi connectivity index (χ2v) is 8.48. The number of amides is 3. The first kappa shape index (κ1) is 26.6. The number of Topliss-reactive ketones (excluding diaryl/α,β-unsaturated/α-hetero) is 1. The molecule has 0 aromatic carbocycles. The molecule has 3 unspecified atom stereocenters. The molecule has 10 nitrogen and oxygen atoms in total. The first-order valence-corrected chi connectivity index (χ1v) is 10.7. The topological polar surface area (TPSA) is 140 Å². The number of ether oxygens (including phenoxy) is 2. The van der Waals surface area contributed by atoms with Gasteiger partial charge in [-0.1, -0.05) is 13.8 Å². The molecule has 2 saturated heterocycles. The Bertz CT molecular complexity index is 772. The molecule has 2 heterocycles. The molecule has 33 heavy (non-hydrogen) atoms. The van der Waals surface area contributed by atoms with Crippen molar-refractivity contribution in [2.24, 2.45) is 11.8 Å². The van der Waals surface area contributed by atoms with Gasteiger partial charge in [0.05, 0.1) is 6.04 Å². The van der Waals surface area contributed by atoms with Crippen LogP contribution >= 0.6 is 0 Å². The lowest BCUT2D eigenvalue weighted by molar-refractivity contribution is -0.321. The number of hydrogen-bond acceptors (Lipinski definition) is 7. The van der Waals surface area contributed by atoms with Crippen molar-refractivity contribution in [2.45, 2.75) is 70.5 Å². The quantitative estimate of drug-likeness (QED) is 0.363. The molecule has 0 aromatic rings. The summed E-state index contributed by atoms with van der Waals surface area (Å²) in [5.41, 5.74) is 0. The highest BCUT2D eigenvalue weighted by atomic mass is 19.4. The van der Waals surface area contributed by atoms with Gasteiger partial charge < -0.3 is 20.7 Å². The van der Waals surface area contributed by atoms with Crippen LogP contribution < -0.4 is 16.0 Å². The lowest BCUT2D eigenvalue weighted by Gasteiger charge is -2.25. The van der Waals surface area contributed by atoms with Crippen molar-refractivity contribution in [2.75, 3.05) is 13.2 Å². The summed E-state index contributed by atoms with van der Waals surface area (Å²) >= 11 is 0. The summed E-state index contributed by atoms with van der Waals surface area (Å²) in [5, 5.41) is 7.42. The Hall–Kier alpha value is -2.70. The minimum atomic E-state index is -5.04. The fourth-order valence-electron chi connectivity index (χ4n) is 3.63. The Morgan fingerprint density at radius 1 is 1.15 bits per heavy atom. The molecule has 0 radical (unpaired) electrons. The van der Waals surface area contributed by atoms with Gasteiger partial charge in [0, 0.05) is 25.3 Å². The van der Waals surface area contributed by atoms with Crippen molar-refractivity contribution < 1.29 is 46.6 Å².